The Labute approximate surface area is 201 Å². The molecule has 0 aromatic heterocycles. The first-order chi connectivity index (χ1) is 15.4. The second kappa shape index (κ2) is 11.6. The summed E-state index contributed by atoms with van der Waals surface area (Å²) in [6.07, 6.45) is 5.15. The molecular weight excluding hydrogens is 464 g/mol. The summed E-state index contributed by atoms with van der Waals surface area (Å²) in [5.74, 6) is 0. The van der Waals surface area contributed by atoms with Crippen LogP contribution in [0.1, 0.15) is 35.6 Å². The number of allylic oxidation sites excluding steroid dienone is 1. The number of amides is 1. The topological polar surface area (TPSA) is 38.8 Å². The van der Waals surface area contributed by atoms with Crippen molar-refractivity contribution in [2.24, 2.45) is 0 Å². The minimum Gasteiger partial charge on any atom is -0.388 e. The molecule has 1 aliphatic heterocycles. The maximum atomic E-state index is 11.9. The number of halogens is 1. The van der Waals surface area contributed by atoms with Crippen LogP contribution in [-0.4, -0.2) is 68.9 Å². The summed E-state index contributed by atoms with van der Waals surface area (Å²) >= 11 is 3.62. The van der Waals surface area contributed by atoms with Crippen molar-refractivity contribution >= 4 is 33.6 Å². The number of hydrogen-bond donors (Lipinski definition) is 1. The average Bonchev–Trinajstić information content (AvgIpc) is 3.01. The number of nitrogens with zero attached hydrogens (tertiary/aromatic N) is 3. The Morgan fingerprint density at radius 3 is 2.53 bits per heavy atom. The van der Waals surface area contributed by atoms with Crippen LogP contribution < -0.4 is 5.32 Å². The van der Waals surface area contributed by atoms with Crippen molar-refractivity contribution in [3.8, 4) is 0 Å². The minimum absolute atomic E-state index is 0.0609. The fourth-order valence-corrected chi connectivity index (χ4v) is 4.53. The second-order valence-electron chi connectivity index (χ2n) is 8.81. The van der Waals surface area contributed by atoms with E-state index in [1.54, 1.807) is 0 Å². The number of anilines is 1. The van der Waals surface area contributed by atoms with E-state index in [0.717, 1.165) is 61.2 Å². The molecule has 1 heterocycles. The highest BCUT2D eigenvalue weighted by atomic mass is 79.9. The van der Waals surface area contributed by atoms with Gasteiger partial charge in [-0.1, -0.05) is 46.3 Å². The molecule has 5 nitrogen and oxygen atoms in total. The molecule has 0 radical (unpaired) electrons. The summed E-state index contributed by atoms with van der Waals surface area (Å²) in [7, 11) is 8.31. The fraction of sp³-hybridized carbons (Fsp3) is 0.423. The van der Waals surface area contributed by atoms with Gasteiger partial charge in [0, 0.05) is 49.0 Å². The van der Waals surface area contributed by atoms with E-state index in [9.17, 15) is 4.79 Å². The van der Waals surface area contributed by atoms with Crippen LogP contribution in [0, 0.1) is 0 Å². The van der Waals surface area contributed by atoms with Crippen molar-refractivity contribution in [2.45, 2.75) is 25.4 Å². The number of hydrogen-bond acceptors (Lipinski definition) is 4. The van der Waals surface area contributed by atoms with Crippen molar-refractivity contribution in [1.29, 1.82) is 0 Å². The normalized spacial score (nSPS) is 16.8. The van der Waals surface area contributed by atoms with E-state index in [4.69, 9.17) is 0 Å². The van der Waals surface area contributed by atoms with Gasteiger partial charge < -0.3 is 20.0 Å². The summed E-state index contributed by atoms with van der Waals surface area (Å²) in [5.41, 5.74) is 6.01. The predicted octanol–water partition coefficient (Wildman–Crippen LogP) is 4.86. The highest BCUT2D eigenvalue weighted by Gasteiger charge is 2.22. The van der Waals surface area contributed by atoms with E-state index in [2.05, 4.69) is 101 Å². The predicted molar refractivity (Wildman–Crippen MR) is 138 cm³/mol. The number of carbonyl (C=O) groups is 1. The van der Waals surface area contributed by atoms with Crippen LogP contribution in [0.4, 0.5) is 5.69 Å². The number of likely N-dealkylation sites (N-methyl/N-ethyl adjacent to an activating group) is 2. The average molecular weight is 499 g/mol. The number of nitrogens with one attached hydrogen (secondary N) is 1. The summed E-state index contributed by atoms with van der Waals surface area (Å²) in [6.45, 7) is 3.75. The fourth-order valence-electron chi connectivity index (χ4n) is 4.17. The number of carbonyl (C=O) groups excluding carboxylic acids is 1. The first-order valence-corrected chi connectivity index (χ1v) is 12.0. The summed E-state index contributed by atoms with van der Waals surface area (Å²) in [5, 5.41) is 3.31. The number of benzene rings is 2. The van der Waals surface area contributed by atoms with Gasteiger partial charge in [0.2, 0.25) is 6.41 Å². The van der Waals surface area contributed by atoms with Crippen molar-refractivity contribution < 1.29 is 4.79 Å². The molecule has 0 saturated carbocycles. The van der Waals surface area contributed by atoms with Crippen LogP contribution in [-0.2, 0) is 11.3 Å². The molecule has 0 fully saturated rings. The molecule has 6 heteroatoms. The molecule has 1 aliphatic rings. The summed E-state index contributed by atoms with van der Waals surface area (Å²) in [6, 6.07) is 15.0. The lowest BCUT2D eigenvalue weighted by Crippen LogP contribution is -2.28. The molecule has 1 unspecified atom stereocenters. The second-order valence-corrected chi connectivity index (χ2v) is 9.72. The summed E-state index contributed by atoms with van der Waals surface area (Å²) in [4.78, 5) is 18.4. The third kappa shape index (κ3) is 6.44. The molecule has 1 N–H and O–H groups in total. The van der Waals surface area contributed by atoms with Gasteiger partial charge in [-0.25, -0.2) is 0 Å². The molecule has 0 bridgehead atoms. The first-order valence-electron chi connectivity index (χ1n) is 11.2. The molecule has 1 amide bonds. The van der Waals surface area contributed by atoms with Crippen LogP contribution in [0.2, 0.25) is 0 Å². The Kier molecular flexibility index (Phi) is 8.91. The molecule has 3 rings (SSSR count). The Balaban J connectivity index is 1.86. The van der Waals surface area contributed by atoms with E-state index in [1.165, 1.54) is 16.7 Å². The van der Waals surface area contributed by atoms with Crippen molar-refractivity contribution in [1.82, 2.24) is 14.7 Å². The van der Waals surface area contributed by atoms with Gasteiger partial charge in [-0.15, -0.1) is 0 Å². The number of rotatable bonds is 9. The van der Waals surface area contributed by atoms with Gasteiger partial charge in [0.1, 0.15) is 0 Å². The van der Waals surface area contributed by atoms with Crippen molar-refractivity contribution in [2.75, 3.05) is 53.1 Å². The monoisotopic (exact) mass is 498 g/mol. The van der Waals surface area contributed by atoms with Crippen LogP contribution >= 0.6 is 15.9 Å². The van der Waals surface area contributed by atoms with Gasteiger partial charge in [0.25, 0.3) is 0 Å². The Hall–Kier alpha value is -2.15. The lowest BCUT2D eigenvalue weighted by molar-refractivity contribution is -0.119. The maximum Gasteiger partial charge on any atom is 0.210 e. The molecule has 0 saturated heterocycles. The third-order valence-corrected chi connectivity index (χ3v) is 6.51. The lowest BCUT2D eigenvalue weighted by Gasteiger charge is -2.25. The molecule has 2 aromatic rings. The Morgan fingerprint density at radius 2 is 1.88 bits per heavy atom. The largest absolute Gasteiger partial charge is 0.388 e. The molecule has 0 aliphatic carbocycles. The van der Waals surface area contributed by atoms with Gasteiger partial charge in [-0.2, -0.15) is 0 Å². The van der Waals surface area contributed by atoms with E-state index >= 15 is 0 Å². The molecule has 172 valence electrons. The molecule has 1 atom stereocenters. The van der Waals surface area contributed by atoms with Gasteiger partial charge in [0.15, 0.2) is 0 Å². The molecule has 32 heavy (non-hydrogen) atoms. The summed E-state index contributed by atoms with van der Waals surface area (Å²) < 4.78 is 1.06. The van der Waals surface area contributed by atoms with E-state index < -0.39 is 0 Å². The minimum atomic E-state index is -0.0609. The Bertz CT molecular complexity index is 926. The zero-order valence-corrected chi connectivity index (χ0v) is 21.2. The maximum absolute atomic E-state index is 11.9. The smallest absolute Gasteiger partial charge is 0.210 e. The lowest BCUT2D eigenvalue weighted by atomic mass is 9.96. The van der Waals surface area contributed by atoms with E-state index in [1.807, 2.05) is 11.9 Å². The van der Waals surface area contributed by atoms with Gasteiger partial charge >= 0.3 is 0 Å². The van der Waals surface area contributed by atoms with Crippen molar-refractivity contribution in [3.63, 3.8) is 0 Å². The molecular formula is C26H35BrN4O. The van der Waals surface area contributed by atoms with Gasteiger partial charge in [-0.05, 0) is 68.9 Å². The highest BCUT2D eigenvalue weighted by Crippen LogP contribution is 2.36. The van der Waals surface area contributed by atoms with Crippen LogP contribution in [0.3, 0.4) is 0 Å². The van der Waals surface area contributed by atoms with Gasteiger partial charge in [-0.3, -0.25) is 4.79 Å². The highest BCUT2D eigenvalue weighted by molar-refractivity contribution is 9.10. The van der Waals surface area contributed by atoms with Crippen LogP contribution in [0.5, 0.6) is 0 Å². The van der Waals surface area contributed by atoms with Gasteiger partial charge in [0.05, 0.1) is 6.04 Å². The molecule has 0 spiro atoms. The Morgan fingerprint density at radius 1 is 1.12 bits per heavy atom. The van der Waals surface area contributed by atoms with Crippen LogP contribution in [0.15, 0.2) is 53.0 Å². The standard InChI is InChI=1S/C26H35BrN4O/c1-28-25-12-11-23(27)17-24(25)22-6-5-13-31(19-32)26(16-22)21-9-7-20(8-10-21)18-30(4)15-14-29(2)3/h7-12,16-17,19,26,28H,5-6,13-15,18H2,1-4H3. The zero-order valence-electron chi connectivity index (χ0n) is 19.6. The van der Waals surface area contributed by atoms with E-state index in [-0.39, 0.29) is 6.04 Å². The first kappa shape index (κ1) is 24.5. The van der Waals surface area contributed by atoms with Crippen molar-refractivity contribution in [3.05, 3.63) is 69.7 Å². The quantitative estimate of drug-likeness (QED) is 0.501. The SMILES string of the molecule is CNc1ccc(Br)cc1C1=CC(c2ccc(CN(C)CCN(C)C)cc2)N(C=O)CCC1. The van der Waals surface area contributed by atoms with Crippen LogP contribution in [0.25, 0.3) is 5.57 Å². The third-order valence-electron chi connectivity index (χ3n) is 6.01. The molecule has 2 aromatic carbocycles. The zero-order chi connectivity index (χ0) is 23.1. The van der Waals surface area contributed by atoms with E-state index in [0.29, 0.717) is 0 Å².